The van der Waals surface area contributed by atoms with Crippen LogP contribution in [0.1, 0.15) is 18.3 Å². The van der Waals surface area contributed by atoms with Crippen LogP contribution in [0.2, 0.25) is 0 Å². The van der Waals surface area contributed by atoms with Crippen molar-refractivity contribution in [2.45, 2.75) is 25.2 Å². The topological polar surface area (TPSA) is 50.4 Å². The number of nitrogens with zero attached hydrogens (tertiary/aromatic N) is 2. The van der Waals surface area contributed by atoms with Crippen molar-refractivity contribution in [1.82, 2.24) is 14.9 Å². The number of para-hydroxylation sites is 1. The zero-order valence-electron chi connectivity index (χ0n) is 17.1. The Balaban J connectivity index is 0.000000178. The zero-order valence-corrected chi connectivity index (χ0v) is 18.3. The number of ether oxygens (including phenoxy) is 2. The van der Waals surface area contributed by atoms with Crippen molar-refractivity contribution >= 4 is 11.0 Å². The minimum Gasteiger partial charge on any atom is -0.550 e. The molecule has 0 unspecified atom stereocenters. The number of imidazole rings is 1. The Morgan fingerprint density at radius 1 is 1.28 bits per heavy atom. The van der Waals surface area contributed by atoms with Crippen LogP contribution in [0.3, 0.4) is 0 Å². The molecule has 3 heterocycles. The van der Waals surface area contributed by atoms with Gasteiger partial charge in [0.15, 0.2) is 5.82 Å². The van der Waals surface area contributed by atoms with Crippen molar-refractivity contribution in [3.05, 3.63) is 66.1 Å². The number of rotatable bonds is 1. The van der Waals surface area contributed by atoms with E-state index in [0.717, 1.165) is 44.2 Å². The SMILES string of the molecule is C[C@@H]1CN([C@@H]2[CH-]c3ccccc3OC2)CCO1.Fc1c[c-]c2[nH]c(C(F)(F)F)nc2c1.[Mn+2]. The summed E-state index contributed by atoms with van der Waals surface area (Å²) in [4.78, 5) is 7.65. The van der Waals surface area contributed by atoms with Crippen molar-refractivity contribution in [1.29, 1.82) is 0 Å². The summed E-state index contributed by atoms with van der Waals surface area (Å²) < 4.78 is 60.3. The number of H-pyrrole nitrogens is 1. The molecule has 0 bridgehead atoms. The summed E-state index contributed by atoms with van der Waals surface area (Å²) in [6.07, 6.45) is -1.91. The van der Waals surface area contributed by atoms with Crippen LogP contribution >= 0.6 is 0 Å². The van der Waals surface area contributed by atoms with Gasteiger partial charge in [0.2, 0.25) is 0 Å². The van der Waals surface area contributed by atoms with E-state index in [-0.39, 0.29) is 28.1 Å². The molecule has 1 saturated heterocycles. The smallest absolute Gasteiger partial charge is 0.550 e. The van der Waals surface area contributed by atoms with E-state index in [1.54, 1.807) is 0 Å². The molecule has 2 aliphatic heterocycles. The third kappa shape index (κ3) is 5.75. The molecule has 3 aromatic rings. The second kappa shape index (κ2) is 10.1. The van der Waals surface area contributed by atoms with Gasteiger partial charge in [-0.15, -0.1) is 23.8 Å². The monoisotopic (exact) mass is 490 g/mol. The van der Waals surface area contributed by atoms with Gasteiger partial charge in [-0.25, -0.2) is 0 Å². The van der Waals surface area contributed by atoms with Crippen LogP contribution in [0.25, 0.3) is 11.0 Å². The first kappa shape index (κ1) is 24.4. The molecule has 10 heteroatoms. The molecule has 5 rings (SSSR count). The molecule has 2 aromatic carbocycles. The molecule has 0 amide bonds. The van der Waals surface area contributed by atoms with Crippen molar-refractivity contribution in [2.75, 3.05) is 26.3 Å². The van der Waals surface area contributed by atoms with Crippen LogP contribution in [0.4, 0.5) is 17.6 Å². The van der Waals surface area contributed by atoms with Crippen LogP contribution < -0.4 is 4.74 Å². The molecule has 0 saturated carbocycles. The predicted molar refractivity (Wildman–Crippen MR) is 106 cm³/mol. The van der Waals surface area contributed by atoms with Gasteiger partial charge in [-0.1, -0.05) is 12.1 Å². The molecule has 32 heavy (non-hydrogen) atoms. The Bertz CT molecular complexity index is 1040. The fourth-order valence-corrected chi connectivity index (χ4v) is 3.59. The van der Waals surface area contributed by atoms with Crippen LogP contribution in [0.15, 0.2) is 36.4 Å². The van der Waals surface area contributed by atoms with Gasteiger partial charge in [0.1, 0.15) is 0 Å². The Kier molecular flexibility index (Phi) is 7.71. The first-order chi connectivity index (χ1) is 14.8. The first-order valence-corrected chi connectivity index (χ1v) is 9.86. The molecule has 1 radical (unpaired) electrons. The van der Waals surface area contributed by atoms with E-state index in [1.807, 2.05) is 17.1 Å². The summed E-state index contributed by atoms with van der Waals surface area (Å²) in [5.41, 5.74) is 1.17. The Morgan fingerprint density at radius 2 is 2.06 bits per heavy atom. The molecular formula is C22H21F4MnN3O2. The standard InChI is InChI=1S/C14H18NO2.C8H3F4N2.Mn/c1-11-9-15(6-7-16-11)13-8-12-4-2-3-5-14(12)17-10-13;9-4-1-2-5-6(3-4)14-7(13-5)8(10,11)12;/h2-5,8,11,13H,6-7,9-10H2,1H3;1,3H,(H,13,14);/q2*-1;+2/t11-,13-;;/m1../s1. The molecule has 1 fully saturated rings. The minimum absolute atomic E-state index is 0. The number of alkyl halides is 3. The van der Waals surface area contributed by atoms with E-state index < -0.39 is 17.8 Å². The Hall–Kier alpha value is -2.26. The molecule has 1 aromatic heterocycles. The van der Waals surface area contributed by atoms with E-state index in [0.29, 0.717) is 12.1 Å². The van der Waals surface area contributed by atoms with E-state index in [2.05, 4.69) is 41.4 Å². The number of halogens is 4. The number of fused-ring (bicyclic) bond motifs is 2. The van der Waals surface area contributed by atoms with Gasteiger partial charge in [-0.05, 0) is 18.0 Å². The van der Waals surface area contributed by atoms with Crippen molar-refractivity contribution in [3.8, 4) is 5.75 Å². The number of hydrogen-bond donors (Lipinski definition) is 1. The summed E-state index contributed by atoms with van der Waals surface area (Å²) in [7, 11) is 0. The third-order valence-corrected chi connectivity index (χ3v) is 5.07. The number of aromatic amines is 1. The Morgan fingerprint density at radius 3 is 2.81 bits per heavy atom. The van der Waals surface area contributed by atoms with Gasteiger partial charge in [0.25, 0.3) is 0 Å². The summed E-state index contributed by atoms with van der Waals surface area (Å²) in [6, 6.07) is 12.8. The summed E-state index contributed by atoms with van der Waals surface area (Å²) in [5.74, 6) is -0.808. The van der Waals surface area contributed by atoms with Crippen LogP contribution in [-0.4, -0.2) is 53.3 Å². The van der Waals surface area contributed by atoms with Crippen molar-refractivity contribution < 1.29 is 44.1 Å². The molecule has 5 nitrogen and oxygen atoms in total. The van der Waals surface area contributed by atoms with Gasteiger partial charge in [-0.2, -0.15) is 31.7 Å². The van der Waals surface area contributed by atoms with Gasteiger partial charge in [-0.3, -0.25) is 14.3 Å². The molecule has 2 aliphatic rings. The largest absolute Gasteiger partial charge is 2.00 e. The number of benzene rings is 2. The summed E-state index contributed by atoms with van der Waals surface area (Å²) in [5, 5.41) is 0. The first-order valence-electron chi connectivity index (χ1n) is 9.86. The van der Waals surface area contributed by atoms with E-state index in [9.17, 15) is 17.6 Å². The maximum Gasteiger partial charge on any atom is 2.00 e. The number of nitrogens with one attached hydrogen (secondary N) is 1. The molecule has 2 atom stereocenters. The van der Waals surface area contributed by atoms with Crippen molar-refractivity contribution in [2.24, 2.45) is 0 Å². The average molecular weight is 490 g/mol. The molecule has 1 N–H and O–H groups in total. The Labute approximate surface area is 193 Å². The molecular weight excluding hydrogens is 469 g/mol. The maximum absolute atomic E-state index is 12.6. The van der Waals surface area contributed by atoms with Gasteiger partial charge < -0.3 is 14.5 Å². The minimum atomic E-state index is -4.55. The second-order valence-corrected chi connectivity index (χ2v) is 7.42. The number of morpholine rings is 1. The van der Waals surface area contributed by atoms with Crippen molar-refractivity contribution in [3.63, 3.8) is 0 Å². The van der Waals surface area contributed by atoms with E-state index >= 15 is 0 Å². The van der Waals surface area contributed by atoms with Crippen LogP contribution in [-0.2, 0) is 28.0 Å². The molecule has 171 valence electrons. The van der Waals surface area contributed by atoms with Gasteiger partial charge in [0.05, 0.1) is 19.3 Å². The fraction of sp³-hybridized carbons (Fsp3) is 0.364. The average Bonchev–Trinajstić information content (AvgIpc) is 3.18. The second-order valence-electron chi connectivity index (χ2n) is 7.42. The summed E-state index contributed by atoms with van der Waals surface area (Å²) in [6.45, 7) is 5.70. The fourth-order valence-electron chi connectivity index (χ4n) is 3.59. The van der Waals surface area contributed by atoms with Gasteiger partial charge >= 0.3 is 23.2 Å². The normalized spacial score (nSPS) is 20.8. The quantitative estimate of drug-likeness (QED) is 0.315. The molecule has 0 aliphatic carbocycles. The van der Waals surface area contributed by atoms with E-state index in [1.165, 1.54) is 5.56 Å². The zero-order chi connectivity index (χ0) is 22.0. The van der Waals surface area contributed by atoms with Crippen LogP contribution in [0, 0.1) is 18.3 Å². The third-order valence-electron chi connectivity index (χ3n) is 5.07. The predicted octanol–water partition coefficient (Wildman–Crippen LogP) is 4.24. The van der Waals surface area contributed by atoms with E-state index in [4.69, 9.17) is 9.47 Å². The number of hydrogen-bond acceptors (Lipinski definition) is 4. The number of aromatic nitrogens is 2. The van der Waals surface area contributed by atoms with Crippen LogP contribution in [0.5, 0.6) is 5.75 Å². The molecule has 0 spiro atoms. The maximum atomic E-state index is 12.6. The summed E-state index contributed by atoms with van der Waals surface area (Å²) >= 11 is 0. The van der Waals surface area contributed by atoms with Gasteiger partial charge in [0, 0.05) is 30.7 Å².